The predicted octanol–water partition coefficient (Wildman–Crippen LogP) is 2.64. The summed E-state index contributed by atoms with van der Waals surface area (Å²) >= 11 is 3.30. The number of nitrogens with zero attached hydrogens (tertiary/aromatic N) is 1. The van der Waals surface area contributed by atoms with E-state index in [2.05, 4.69) is 39.7 Å². The summed E-state index contributed by atoms with van der Waals surface area (Å²) in [7, 11) is 0. The van der Waals surface area contributed by atoms with Crippen LogP contribution in [-0.4, -0.2) is 11.5 Å². The molecule has 1 aromatic heterocycles. The molecular weight excluding hydrogens is 228 g/mol. The number of nitrogens with one attached hydrogen (secondary N) is 1. The molecule has 1 N–H and O–H groups in total. The largest absolute Gasteiger partial charge is 0.304 e. The first-order chi connectivity index (χ1) is 6.20. The van der Waals surface area contributed by atoms with E-state index in [1.165, 1.54) is 0 Å². The Morgan fingerprint density at radius 3 is 3.00 bits per heavy atom. The number of hydrogen-bond donors (Lipinski definition) is 1. The molecule has 1 atom stereocenters. The van der Waals surface area contributed by atoms with E-state index in [-0.39, 0.29) is 6.04 Å². The Balaban J connectivity index is 2.49. The number of rotatable bonds is 4. The van der Waals surface area contributed by atoms with Crippen LogP contribution in [0.2, 0.25) is 0 Å². The highest BCUT2D eigenvalue weighted by atomic mass is 79.9. The van der Waals surface area contributed by atoms with Crippen LogP contribution in [0.3, 0.4) is 0 Å². The number of hydrogen-bond acceptors (Lipinski definition) is 2. The Bertz CT molecular complexity index is 272. The summed E-state index contributed by atoms with van der Waals surface area (Å²) in [6.07, 6.45) is 1.80. The van der Waals surface area contributed by atoms with Crippen LogP contribution >= 0.6 is 15.9 Å². The topological polar surface area (TPSA) is 24.9 Å². The van der Waals surface area contributed by atoms with Crippen molar-refractivity contribution in [1.82, 2.24) is 10.3 Å². The molecule has 1 aromatic rings. The van der Waals surface area contributed by atoms with E-state index < -0.39 is 0 Å². The van der Waals surface area contributed by atoms with Crippen molar-refractivity contribution < 1.29 is 0 Å². The van der Waals surface area contributed by atoms with Crippen molar-refractivity contribution in [3.63, 3.8) is 0 Å². The summed E-state index contributed by atoms with van der Waals surface area (Å²) in [5, 5.41) is 3.29. The van der Waals surface area contributed by atoms with Gasteiger partial charge in [-0.2, -0.15) is 0 Å². The second-order valence-corrected chi connectivity index (χ2v) is 4.00. The molecule has 0 aliphatic rings. The monoisotopic (exact) mass is 240 g/mol. The minimum Gasteiger partial charge on any atom is -0.304 e. The first-order valence-corrected chi connectivity index (χ1v) is 4.97. The summed E-state index contributed by atoms with van der Waals surface area (Å²) in [4.78, 5) is 4.25. The molecule has 13 heavy (non-hydrogen) atoms. The highest BCUT2D eigenvalue weighted by Gasteiger charge is 2.04. The van der Waals surface area contributed by atoms with Crippen molar-refractivity contribution in [1.29, 1.82) is 0 Å². The summed E-state index contributed by atoms with van der Waals surface area (Å²) in [6.45, 7) is 6.60. The molecule has 0 bridgehead atoms. The fourth-order valence-corrected chi connectivity index (χ4v) is 1.16. The van der Waals surface area contributed by atoms with Gasteiger partial charge in [0.2, 0.25) is 0 Å². The zero-order chi connectivity index (χ0) is 9.68. The van der Waals surface area contributed by atoms with Crippen LogP contribution in [0, 0.1) is 0 Å². The van der Waals surface area contributed by atoms with Gasteiger partial charge in [-0.15, -0.1) is 0 Å². The quantitative estimate of drug-likeness (QED) is 0.876. The molecule has 1 unspecified atom stereocenters. The number of pyridine rings is 1. The molecule has 0 saturated heterocycles. The van der Waals surface area contributed by atoms with Crippen molar-refractivity contribution in [2.24, 2.45) is 0 Å². The third-order valence-corrected chi connectivity index (χ3v) is 2.01. The maximum absolute atomic E-state index is 4.25. The molecule has 70 valence electrons. The highest BCUT2D eigenvalue weighted by molar-refractivity contribution is 9.11. The van der Waals surface area contributed by atoms with Gasteiger partial charge in [0.05, 0.1) is 5.69 Å². The minimum atomic E-state index is 0.260. The normalized spacial score (nSPS) is 12.5. The lowest BCUT2D eigenvalue weighted by Crippen LogP contribution is -2.20. The van der Waals surface area contributed by atoms with Gasteiger partial charge in [-0.25, -0.2) is 0 Å². The van der Waals surface area contributed by atoms with E-state index in [4.69, 9.17) is 0 Å². The van der Waals surface area contributed by atoms with Crippen LogP contribution in [-0.2, 0) is 0 Å². The van der Waals surface area contributed by atoms with Gasteiger partial charge in [0, 0.05) is 23.3 Å². The summed E-state index contributed by atoms with van der Waals surface area (Å²) in [6, 6.07) is 6.17. The van der Waals surface area contributed by atoms with Gasteiger partial charge < -0.3 is 5.32 Å². The average Bonchev–Trinajstić information content (AvgIpc) is 2.15. The van der Waals surface area contributed by atoms with E-state index >= 15 is 0 Å². The third kappa shape index (κ3) is 3.70. The molecule has 1 rings (SSSR count). The van der Waals surface area contributed by atoms with Gasteiger partial charge in [0.25, 0.3) is 0 Å². The van der Waals surface area contributed by atoms with Crippen molar-refractivity contribution >= 4 is 15.9 Å². The lowest BCUT2D eigenvalue weighted by atomic mass is 10.2. The van der Waals surface area contributed by atoms with Gasteiger partial charge in [-0.05, 0) is 19.1 Å². The fourth-order valence-electron chi connectivity index (χ4n) is 1.00. The Labute approximate surface area is 87.2 Å². The van der Waals surface area contributed by atoms with Gasteiger partial charge in [-0.1, -0.05) is 28.6 Å². The van der Waals surface area contributed by atoms with Crippen LogP contribution in [0.25, 0.3) is 0 Å². The second kappa shape index (κ2) is 5.14. The Hall–Kier alpha value is -0.670. The Morgan fingerprint density at radius 2 is 2.46 bits per heavy atom. The minimum absolute atomic E-state index is 0.260. The second-order valence-electron chi connectivity index (χ2n) is 2.87. The summed E-state index contributed by atoms with van der Waals surface area (Å²) in [5.41, 5.74) is 1.05. The molecule has 1 heterocycles. The zero-order valence-electron chi connectivity index (χ0n) is 7.63. The summed E-state index contributed by atoms with van der Waals surface area (Å²) < 4.78 is 0.954. The van der Waals surface area contributed by atoms with Crippen molar-refractivity contribution in [2.75, 3.05) is 6.54 Å². The van der Waals surface area contributed by atoms with Crippen molar-refractivity contribution in [3.8, 4) is 0 Å². The first kappa shape index (κ1) is 10.4. The smallest absolute Gasteiger partial charge is 0.0570 e. The Morgan fingerprint density at radius 1 is 1.69 bits per heavy atom. The molecule has 0 aliphatic carbocycles. The lowest BCUT2D eigenvalue weighted by molar-refractivity contribution is 0.599. The molecule has 0 aliphatic heterocycles. The average molecular weight is 241 g/mol. The fraction of sp³-hybridized carbons (Fsp3) is 0.300. The molecular formula is C10H13BrN2. The number of halogens is 1. The third-order valence-electron chi connectivity index (χ3n) is 1.73. The molecule has 0 aromatic carbocycles. The molecule has 0 amide bonds. The molecule has 3 heteroatoms. The Kier molecular flexibility index (Phi) is 4.12. The van der Waals surface area contributed by atoms with Gasteiger partial charge in [0.1, 0.15) is 0 Å². The molecule has 0 fully saturated rings. The SMILES string of the molecule is C=C(Br)CNC(C)c1ccccn1. The van der Waals surface area contributed by atoms with Crippen LogP contribution in [0.4, 0.5) is 0 Å². The van der Waals surface area contributed by atoms with Crippen LogP contribution in [0.15, 0.2) is 35.5 Å². The van der Waals surface area contributed by atoms with Crippen LogP contribution in [0.5, 0.6) is 0 Å². The maximum atomic E-state index is 4.25. The molecule has 2 nitrogen and oxygen atoms in total. The molecule has 0 spiro atoms. The summed E-state index contributed by atoms with van der Waals surface area (Å²) in [5.74, 6) is 0. The lowest BCUT2D eigenvalue weighted by Gasteiger charge is -2.11. The van der Waals surface area contributed by atoms with Gasteiger partial charge in [-0.3, -0.25) is 4.98 Å². The highest BCUT2D eigenvalue weighted by Crippen LogP contribution is 2.09. The van der Waals surface area contributed by atoms with Crippen molar-refractivity contribution in [2.45, 2.75) is 13.0 Å². The van der Waals surface area contributed by atoms with E-state index in [9.17, 15) is 0 Å². The molecule has 0 radical (unpaired) electrons. The van der Waals surface area contributed by atoms with Crippen LogP contribution < -0.4 is 5.32 Å². The van der Waals surface area contributed by atoms with Gasteiger partial charge in [0.15, 0.2) is 0 Å². The molecule has 0 saturated carbocycles. The predicted molar refractivity (Wildman–Crippen MR) is 58.7 cm³/mol. The van der Waals surface area contributed by atoms with E-state index in [0.29, 0.717) is 0 Å². The maximum Gasteiger partial charge on any atom is 0.0570 e. The first-order valence-electron chi connectivity index (χ1n) is 4.17. The van der Waals surface area contributed by atoms with Gasteiger partial charge >= 0.3 is 0 Å². The van der Waals surface area contributed by atoms with Crippen LogP contribution in [0.1, 0.15) is 18.7 Å². The van der Waals surface area contributed by atoms with E-state index in [1.54, 1.807) is 6.20 Å². The van der Waals surface area contributed by atoms with E-state index in [0.717, 1.165) is 16.7 Å². The number of aromatic nitrogens is 1. The zero-order valence-corrected chi connectivity index (χ0v) is 9.21. The standard InChI is InChI=1S/C10H13BrN2/c1-8(11)7-13-9(2)10-5-3-4-6-12-10/h3-6,9,13H,1,7H2,2H3. The van der Waals surface area contributed by atoms with E-state index in [1.807, 2.05) is 18.2 Å². The van der Waals surface area contributed by atoms with Crippen molar-refractivity contribution in [3.05, 3.63) is 41.2 Å².